The van der Waals surface area contributed by atoms with Gasteiger partial charge in [-0.3, -0.25) is 4.79 Å². The molecular formula is C12H22N2O3S. The van der Waals surface area contributed by atoms with Crippen LogP contribution in [0.25, 0.3) is 0 Å². The molecule has 0 spiro atoms. The van der Waals surface area contributed by atoms with E-state index in [1.807, 2.05) is 0 Å². The second-order valence-corrected chi connectivity index (χ2v) is 7.72. The highest BCUT2D eigenvalue weighted by Crippen LogP contribution is 2.19. The second-order valence-electron chi connectivity index (χ2n) is 5.42. The highest BCUT2D eigenvalue weighted by atomic mass is 32.2. The van der Waals surface area contributed by atoms with Crippen LogP contribution in [0.3, 0.4) is 0 Å². The van der Waals surface area contributed by atoms with Crippen molar-refractivity contribution in [2.24, 2.45) is 5.92 Å². The van der Waals surface area contributed by atoms with E-state index in [-0.39, 0.29) is 23.5 Å². The summed E-state index contributed by atoms with van der Waals surface area (Å²) >= 11 is 0. The highest BCUT2D eigenvalue weighted by molar-refractivity contribution is 7.91. The van der Waals surface area contributed by atoms with Crippen LogP contribution in [0.2, 0.25) is 0 Å². The summed E-state index contributed by atoms with van der Waals surface area (Å²) in [7, 11) is -2.90. The number of rotatable bonds is 2. The first-order chi connectivity index (χ1) is 8.48. The summed E-state index contributed by atoms with van der Waals surface area (Å²) in [6, 6.07) is 0.254. The van der Waals surface area contributed by atoms with Gasteiger partial charge < -0.3 is 10.2 Å². The minimum absolute atomic E-state index is 0.0937. The standard InChI is InChI=1S/C12H22N2O3S/c1-10-3-2-4-13-11(10)9-12(15)14-5-7-18(16,17)8-6-14/h10-11,13H,2-9H2,1H3. The molecule has 0 saturated carbocycles. The minimum atomic E-state index is -2.90. The van der Waals surface area contributed by atoms with Crippen LogP contribution >= 0.6 is 0 Å². The maximum Gasteiger partial charge on any atom is 0.224 e. The Morgan fingerprint density at radius 2 is 2.00 bits per heavy atom. The van der Waals surface area contributed by atoms with Gasteiger partial charge in [-0.25, -0.2) is 8.42 Å². The Labute approximate surface area is 109 Å². The molecular weight excluding hydrogens is 252 g/mol. The molecule has 0 aromatic heterocycles. The molecule has 2 heterocycles. The van der Waals surface area contributed by atoms with Gasteiger partial charge in [-0.1, -0.05) is 6.92 Å². The maximum atomic E-state index is 12.1. The lowest BCUT2D eigenvalue weighted by molar-refractivity contribution is -0.131. The van der Waals surface area contributed by atoms with Gasteiger partial charge in [-0.05, 0) is 25.3 Å². The van der Waals surface area contributed by atoms with Gasteiger partial charge >= 0.3 is 0 Å². The number of sulfone groups is 1. The molecule has 0 aliphatic carbocycles. The van der Waals surface area contributed by atoms with Crippen LogP contribution in [0.1, 0.15) is 26.2 Å². The second kappa shape index (κ2) is 5.57. The van der Waals surface area contributed by atoms with E-state index in [2.05, 4.69) is 12.2 Å². The van der Waals surface area contributed by atoms with Crippen LogP contribution in [0.5, 0.6) is 0 Å². The Kier molecular flexibility index (Phi) is 4.27. The van der Waals surface area contributed by atoms with Gasteiger partial charge in [0.15, 0.2) is 9.84 Å². The SMILES string of the molecule is CC1CCCNC1CC(=O)N1CCS(=O)(=O)CC1. The molecule has 0 aromatic rings. The first-order valence-electron chi connectivity index (χ1n) is 6.69. The zero-order chi connectivity index (χ0) is 13.2. The number of hydrogen-bond donors (Lipinski definition) is 1. The molecule has 2 saturated heterocycles. The van der Waals surface area contributed by atoms with E-state index >= 15 is 0 Å². The molecule has 1 N–H and O–H groups in total. The largest absolute Gasteiger partial charge is 0.341 e. The monoisotopic (exact) mass is 274 g/mol. The van der Waals surface area contributed by atoms with Gasteiger partial charge in [0, 0.05) is 25.6 Å². The van der Waals surface area contributed by atoms with Gasteiger partial charge in [0.1, 0.15) is 0 Å². The molecule has 0 bridgehead atoms. The van der Waals surface area contributed by atoms with Crippen LogP contribution in [0.4, 0.5) is 0 Å². The average molecular weight is 274 g/mol. The molecule has 2 unspecified atom stereocenters. The normalized spacial score (nSPS) is 32.2. The van der Waals surface area contributed by atoms with Crippen molar-refractivity contribution >= 4 is 15.7 Å². The van der Waals surface area contributed by atoms with Crippen molar-refractivity contribution in [3.63, 3.8) is 0 Å². The molecule has 2 atom stereocenters. The number of carbonyl (C=O) groups excluding carboxylic acids is 1. The van der Waals surface area contributed by atoms with E-state index in [4.69, 9.17) is 0 Å². The summed E-state index contributed by atoms with van der Waals surface area (Å²) in [6.07, 6.45) is 2.84. The Balaban J connectivity index is 1.85. The quantitative estimate of drug-likeness (QED) is 0.771. The zero-order valence-corrected chi connectivity index (χ0v) is 11.7. The fraction of sp³-hybridized carbons (Fsp3) is 0.917. The fourth-order valence-electron chi connectivity index (χ4n) is 2.67. The van der Waals surface area contributed by atoms with Gasteiger partial charge in [0.25, 0.3) is 0 Å². The third-order valence-electron chi connectivity index (χ3n) is 4.02. The molecule has 5 nitrogen and oxygen atoms in total. The third-order valence-corrected chi connectivity index (χ3v) is 5.63. The van der Waals surface area contributed by atoms with Crippen LogP contribution in [0, 0.1) is 5.92 Å². The van der Waals surface area contributed by atoms with E-state index in [1.54, 1.807) is 4.90 Å². The van der Waals surface area contributed by atoms with E-state index in [0.29, 0.717) is 25.4 Å². The molecule has 0 radical (unpaired) electrons. The van der Waals surface area contributed by atoms with E-state index in [1.165, 1.54) is 12.8 Å². The van der Waals surface area contributed by atoms with Crippen molar-refractivity contribution < 1.29 is 13.2 Å². The van der Waals surface area contributed by atoms with Crippen LogP contribution in [-0.2, 0) is 14.6 Å². The average Bonchev–Trinajstić information content (AvgIpc) is 2.32. The Morgan fingerprint density at radius 3 is 2.61 bits per heavy atom. The summed E-state index contributed by atoms with van der Waals surface area (Å²) in [6.45, 7) is 3.88. The number of piperidine rings is 1. The number of carbonyl (C=O) groups is 1. The van der Waals surface area contributed by atoms with Crippen LogP contribution in [0.15, 0.2) is 0 Å². The summed E-state index contributed by atoms with van der Waals surface area (Å²) < 4.78 is 22.6. The topological polar surface area (TPSA) is 66.5 Å². The minimum Gasteiger partial charge on any atom is -0.341 e. The molecule has 2 aliphatic heterocycles. The van der Waals surface area contributed by atoms with E-state index in [0.717, 1.165) is 6.54 Å². The van der Waals surface area contributed by atoms with Crippen molar-refractivity contribution in [2.75, 3.05) is 31.1 Å². The Morgan fingerprint density at radius 1 is 1.33 bits per heavy atom. The lowest BCUT2D eigenvalue weighted by atomic mass is 9.90. The van der Waals surface area contributed by atoms with Crippen molar-refractivity contribution in [3.05, 3.63) is 0 Å². The molecule has 104 valence electrons. The molecule has 2 fully saturated rings. The van der Waals surface area contributed by atoms with Crippen molar-refractivity contribution in [1.29, 1.82) is 0 Å². The maximum absolute atomic E-state index is 12.1. The van der Waals surface area contributed by atoms with Gasteiger partial charge in [-0.15, -0.1) is 0 Å². The summed E-state index contributed by atoms with van der Waals surface area (Å²) in [5, 5.41) is 3.39. The lowest BCUT2D eigenvalue weighted by Gasteiger charge is -2.33. The smallest absolute Gasteiger partial charge is 0.224 e. The molecule has 2 aliphatic rings. The van der Waals surface area contributed by atoms with Crippen molar-refractivity contribution in [1.82, 2.24) is 10.2 Å². The van der Waals surface area contributed by atoms with Crippen LogP contribution < -0.4 is 5.32 Å². The van der Waals surface area contributed by atoms with Crippen molar-refractivity contribution in [3.8, 4) is 0 Å². The summed E-state index contributed by atoms with van der Waals surface area (Å²) in [5.74, 6) is 0.853. The lowest BCUT2D eigenvalue weighted by Crippen LogP contribution is -2.48. The van der Waals surface area contributed by atoms with Crippen LogP contribution in [-0.4, -0.2) is 56.4 Å². The van der Waals surface area contributed by atoms with Crippen molar-refractivity contribution in [2.45, 2.75) is 32.2 Å². The first kappa shape index (κ1) is 13.8. The summed E-state index contributed by atoms with van der Waals surface area (Å²) in [4.78, 5) is 13.8. The molecule has 0 aromatic carbocycles. The molecule has 1 amide bonds. The fourth-order valence-corrected chi connectivity index (χ4v) is 3.87. The number of nitrogens with one attached hydrogen (secondary N) is 1. The van der Waals surface area contributed by atoms with Gasteiger partial charge in [0.2, 0.25) is 5.91 Å². The predicted octanol–water partition coefficient (Wildman–Crippen LogP) is 0.0216. The predicted molar refractivity (Wildman–Crippen MR) is 70.0 cm³/mol. The summed E-state index contributed by atoms with van der Waals surface area (Å²) in [5.41, 5.74) is 0. The molecule has 6 heteroatoms. The highest BCUT2D eigenvalue weighted by Gasteiger charge is 2.29. The van der Waals surface area contributed by atoms with E-state index < -0.39 is 9.84 Å². The zero-order valence-electron chi connectivity index (χ0n) is 10.9. The first-order valence-corrected chi connectivity index (χ1v) is 8.52. The van der Waals surface area contributed by atoms with Gasteiger partial charge in [0.05, 0.1) is 11.5 Å². The van der Waals surface area contributed by atoms with E-state index in [9.17, 15) is 13.2 Å². The number of hydrogen-bond acceptors (Lipinski definition) is 4. The Hall–Kier alpha value is -0.620. The molecule has 18 heavy (non-hydrogen) atoms. The molecule has 2 rings (SSSR count). The van der Waals surface area contributed by atoms with Gasteiger partial charge in [-0.2, -0.15) is 0 Å². The number of nitrogens with zero attached hydrogens (tertiary/aromatic N) is 1. The Bertz CT molecular complexity index is 394. The third kappa shape index (κ3) is 3.45. The number of amides is 1.